The van der Waals surface area contributed by atoms with E-state index in [9.17, 15) is 4.79 Å². The Morgan fingerprint density at radius 1 is 1.29 bits per heavy atom. The fourth-order valence-electron chi connectivity index (χ4n) is 2.44. The molecular weight excluding hydrogens is 174 g/mol. The Labute approximate surface area is 86.8 Å². The number of hydrogen-bond donors (Lipinski definition) is 0. The first-order chi connectivity index (χ1) is 6.74. The lowest BCUT2D eigenvalue weighted by Crippen LogP contribution is -2.19. The SMILES string of the molecule is CC(C)C1CCC(CCN=C=O)CC1. The Bertz CT molecular complexity index is 198. The van der Waals surface area contributed by atoms with E-state index in [4.69, 9.17) is 0 Å². The van der Waals surface area contributed by atoms with E-state index >= 15 is 0 Å². The highest BCUT2D eigenvalue weighted by molar-refractivity contribution is 5.32. The van der Waals surface area contributed by atoms with Gasteiger partial charge in [0, 0.05) is 0 Å². The van der Waals surface area contributed by atoms with Gasteiger partial charge in [-0.3, -0.25) is 0 Å². The van der Waals surface area contributed by atoms with Gasteiger partial charge in [-0.15, -0.1) is 0 Å². The zero-order valence-corrected chi connectivity index (χ0v) is 9.33. The van der Waals surface area contributed by atoms with E-state index in [1.165, 1.54) is 25.7 Å². The summed E-state index contributed by atoms with van der Waals surface area (Å²) in [4.78, 5) is 13.5. The third-order valence-corrected chi connectivity index (χ3v) is 3.55. The van der Waals surface area contributed by atoms with Crippen LogP contribution in [0.2, 0.25) is 0 Å². The molecule has 80 valence electrons. The van der Waals surface area contributed by atoms with Crippen LogP contribution in [0.15, 0.2) is 4.99 Å². The normalized spacial score (nSPS) is 27.4. The smallest absolute Gasteiger partial charge is 0.211 e. The molecule has 0 spiro atoms. The van der Waals surface area contributed by atoms with E-state index in [1.54, 1.807) is 6.08 Å². The second-order valence-corrected chi connectivity index (χ2v) is 4.79. The molecule has 0 unspecified atom stereocenters. The lowest BCUT2D eigenvalue weighted by molar-refractivity contribution is 0.219. The third kappa shape index (κ3) is 3.63. The average molecular weight is 195 g/mol. The molecule has 1 aliphatic rings. The fraction of sp³-hybridized carbons (Fsp3) is 0.917. The molecule has 14 heavy (non-hydrogen) atoms. The summed E-state index contributed by atoms with van der Waals surface area (Å²) in [5.74, 6) is 2.58. The third-order valence-electron chi connectivity index (χ3n) is 3.55. The topological polar surface area (TPSA) is 29.4 Å². The largest absolute Gasteiger partial charge is 0.234 e. The van der Waals surface area contributed by atoms with Gasteiger partial charge in [0.2, 0.25) is 6.08 Å². The van der Waals surface area contributed by atoms with Gasteiger partial charge in [0.25, 0.3) is 0 Å². The number of aliphatic imine (C=N–C) groups is 1. The zero-order chi connectivity index (χ0) is 10.4. The van der Waals surface area contributed by atoms with Gasteiger partial charge in [-0.1, -0.05) is 26.7 Å². The quantitative estimate of drug-likeness (QED) is 0.500. The summed E-state index contributed by atoms with van der Waals surface area (Å²) in [6, 6.07) is 0. The molecule has 2 heteroatoms. The summed E-state index contributed by atoms with van der Waals surface area (Å²) >= 11 is 0. The molecule has 0 aromatic heterocycles. The number of rotatable bonds is 4. The molecule has 0 aromatic carbocycles. The summed E-state index contributed by atoms with van der Waals surface area (Å²) in [5, 5.41) is 0. The van der Waals surface area contributed by atoms with E-state index in [0.29, 0.717) is 6.54 Å². The maximum absolute atomic E-state index is 9.90. The first-order valence-electron chi connectivity index (χ1n) is 5.77. The first-order valence-corrected chi connectivity index (χ1v) is 5.77. The molecule has 1 rings (SSSR count). The van der Waals surface area contributed by atoms with Gasteiger partial charge < -0.3 is 0 Å². The Hall–Kier alpha value is -0.620. The molecule has 0 saturated heterocycles. The van der Waals surface area contributed by atoms with Crippen LogP contribution in [0.1, 0.15) is 46.0 Å². The van der Waals surface area contributed by atoms with Crippen molar-refractivity contribution in [3.8, 4) is 0 Å². The average Bonchev–Trinajstić information content (AvgIpc) is 2.19. The van der Waals surface area contributed by atoms with E-state index < -0.39 is 0 Å². The van der Waals surface area contributed by atoms with Gasteiger partial charge in [0.05, 0.1) is 6.54 Å². The minimum absolute atomic E-state index is 0.681. The van der Waals surface area contributed by atoms with E-state index in [-0.39, 0.29) is 0 Å². The monoisotopic (exact) mass is 195 g/mol. The predicted molar refractivity (Wildman–Crippen MR) is 57.9 cm³/mol. The van der Waals surface area contributed by atoms with Crippen LogP contribution in [0, 0.1) is 17.8 Å². The maximum atomic E-state index is 9.90. The molecule has 0 bridgehead atoms. The Morgan fingerprint density at radius 3 is 2.43 bits per heavy atom. The molecule has 1 aliphatic carbocycles. The Balaban J connectivity index is 2.18. The minimum atomic E-state index is 0.681. The fourth-order valence-corrected chi connectivity index (χ4v) is 2.44. The molecule has 0 heterocycles. The summed E-state index contributed by atoms with van der Waals surface area (Å²) in [5.41, 5.74) is 0. The standard InChI is InChI=1S/C12H21NO/c1-10(2)12-5-3-11(4-6-12)7-8-13-9-14/h10-12H,3-8H2,1-2H3. The second-order valence-electron chi connectivity index (χ2n) is 4.79. The molecule has 1 saturated carbocycles. The molecule has 0 amide bonds. The van der Waals surface area contributed by atoms with Crippen molar-refractivity contribution >= 4 is 6.08 Å². The molecule has 0 radical (unpaired) electrons. The van der Waals surface area contributed by atoms with E-state index in [1.807, 2.05) is 0 Å². The number of carbonyl (C=O) groups excluding carboxylic acids is 1. The van der Waals surface area contributed by atoms with Gasteiger partial charge in [-0.2, -0.15) is 0 Å². The van der Waals surface area contributed by atoms with Gasteiger partial charge in [-0.25, -0.2) is 9.79 Å². The van der Waals surface area contributed by atoms with Crippen molar-refractivity contribution in [3.63, 3.8) is 0 Å². The van der Waals surface area contributed by atoms with Crippen molar-refractivity contribution in [3.05, 3.63) is 0 Å². The van der Waals surface area contributed by atoms with Crippen LogP contribution in [0.4, 0.5) is 0 Å². The summed E-state index contributed by atoms with van der Waals surface area (Å²) in [6.07, 6.45) is 8.09. The number of nitrogens with zero attached hydrogens (tertiary/aromatic N) is 1. The zero-order valence-electron chi connectivity index (χ0n) is 9.33. The summed E-state index contributed by atoms with van der Waals surface area (Å²) in [6.45, 7) is 5.32. The molecule has 0 aliphatic heterocycles. The summed E-state index contributed by atoms with van der Waals surface area (Å²) in [7, 11) is 0. The van der Waals surface area contributed by atoms with Gasteiger partial charge in [0.1, 0.15) is 0 Å². The highest BCUT2D eigenvalue weighted by Crippen LogP contribution is 2.34. The number of hydrogen-bond acceptors (Lipinski definition) is 2. The van der Waals surface area contributed by atoms with Crippen LogP contribution < -0.4 is 0 Å². The molecule has 2 nitrogen and oxygen atoms in total. The van der Waals surface area contributed by atoms with Crippen LogP contribution >= 0.6 is 0 Å². The molecule has 0 N–H and O–H groups in total. The van der Waals surface area contributed by atoms with Crippen molar-refractivity contribution in [1.29, 1.82) is 0 Å². The van der Waals surface area contributed by atoms with Crippen molar-refractivity contribution in [2.24, 2.45) is 22.7 Å². The second kappa shape index (κ2) is 5.98. The predicted octanol–water partition coefficient (Wildman–Crippen LogP) is 3.17. The lowest BCUT2D eigenvalue weighted by Gasteiger charge is -2.30. The van der Waals surface area contributed by atoms with E-state index in [0.717, 1.165) is 24.2 Å². The van der Waals surface area contributed by atoms with Crippen LogP contribution in [0.3, 0.4) is 0 Å². The Kier molecular flexibility index (Phi) is 4.89. The highest BCUT2D eigenvalue weighted by Gasteiger charge is 2.22. The van der Waals surface area contributed by atoms with Crippen LogP contribution in [-0.2, 0) is 4.79 Å². The Morgan fingerprint density at radius 2 is 1.93 bits per heavy atom. The summed E-state index contributed by atoms with van der Waals surface area (Å²) < 4.78 is 0. The maximum Gasteiger partial charge on any atom is 0.234 e. The molecule has 0 aromatic rings. The van der Waals surface area contributed by atoms with Crippen molar-refractivity contribution in [2.75, 3.05) is 6.54 Å². The lowest BCUT2D eigenvalue weighted by atomic mass is 9.76. The molecule has 0 atom stereocenters. The van der Waals surface area contributed by atoms with Gasteiger partial charge >= 0.3 is 0 Å². The van der Waals surface area contributed by atoms with Crippen molar-refractivity contribution < 1.29 is 4.79 Å². The highest BCUT2D eigenvalue weighted by atomic mass is 16.1. The van der Waals surface area contributed by atoms with E-state index in [2.05, 4.69) is 18.8 Å². The van der Waals surface area contributed by atoms with Crippen LogP contribution in [0.5, 0.6) is 0 Å². The minimum Gasteiger partial charge on any atom is -0.211 e. The van der Waals surface area contributed by atoms with Crippen molar-refractivity contribution in [1.82, 2.24) is 0 Å². The van der Waals surface area contributed by atoms with Crippen LogP contribution in [0.25, 0.3) is 0 Å². The molecule has 1 fully saturated rings. The number of isocyanates is 1. The van der Waals surface area contributed by atoms with Gasteiger partial charge in [-0.05, 0) is 37.0 Å². The van der Waals surface area contributed by atoms with Crippen LogP contribution in [-0.4, -0.2) is 12.6 Å². The first kappa shape index (κ1) is 11.5. The van der Waals surface area contributed by atoms with Crippen molar-refractivity contribution in [2.45, 2.75) is 46.0 Å². The van der Waals surface area contributed by atoms with Gasteiger partial charge in [0.15, 0.2) is 0 Å². The molecular formula is C12H21NO.